The molecule has 3 nitrogen and oxygen atoms in total. The van der Waals surface area contributed by atoms with E-state index in [2.05, 4.69) is 12.6 Å². The molecule has 0 saturated heterocycles. The normalized spacial score (nSPS) is 9.07. The number of hydrogen-bond acceptors (Lipinski definition) is 3. The van der Waals surface area contributed by atoms with Crippen LogP contribution in [-0.2, 0) is 0 Å². The molecule has 0 heterocycles. The van der Waals surface area contributed by atoms with E-state index in [0.29, 0.717) is 30.3 Å². The van der Waals surface area contributed by atoms with Gasteiger partial charge in [0.15, 0.2) is 11.5 Å². The zero-order valence-electron chi connectivity index (χ0n) is 8.69. The van der Waals surface area contributed by atoms with Crippen LogP contribution in [0.5, 0.6) is 11.5 Å². The van der Waals surface area contributed by atoms with E-state index in [-0.39, 0.29) is 0 Å². The maximum absolute atomic E-state index is 8.90. The lowest BCUT2D eigenvalue weighted by atomic mass is 10.2. The standard InChI is InChI=1S/C12H13NO2/c1-3-8-15-12-10(9-13)6-5-7-11(12)14-4-2/h3,5-7H,1,4,8H2,2H3. The molecule has 0 saturated carbocycles. The van der Waals surface area contributed by atoms with Crippen LogP contribution in [0.3, 0.4) is 0 Å². The van der Waals surface area contributed by atoms with Crippen molar-refractivity contribution >= 4 is 0 Å². The fourth-order valence-electron chi connectivity index (χ4n) is 1.16. The summed E-state index contributed by atoms with van der Waals surface area (Å²) in [6, 6.07) is 7.31. The molecule has 0 aliphatic rings. The summed E-state index contributed by atoms with van der Waals surface area (Å²) in [5.74, 6) is 1.08. The maximum atomic E-state index is 8.90. The van der Waals surface area contributed by atoms with Crippen molar-refractivity contribution in [1.82, 2.24) is 0 Å². The molecule has 0 spiro atoms. The van der Waals surface area contributed by atoms with Crippen LogP contribution >= 0.6 is 0 Å². The van der Waals surface area contributed by atoms with Gasteiger partial charge in [-0.1, -0.05) is 18.7 Å². The van der Waals surface area contributed by atoms with Crippen LogP contribution < -0.4 is 9.47 Å². The number of benzene rings is 1. The molecule has 1 aromatic carbocycles. The fourth-order valence-corrected chi connectivity index (χ4v) is 1.16. The first kappa shape index (κ1) is 11.1. The lowest BCUT2D eigenvalue weighted by Gasteiger charge is -2.11. The highest BCUT2D eigenvalue weighted by Gasteiger charge is 2.09. The first-order chi connectivity index (χ1) is 7.33. The van der Waals surface area contributed by atoms with E-state index in [4.69, 9.17) is 14.7 Å². The Morgan fingerprint density at radius 3 is 2.87 bits per heavy atom. The van der Waals surface area contributed by atoms with Gasteiger partial charge < -0.3 is 9.47 Å². The third kappa shape index (κ3) is 2.75. The molecule has 78 valence electrons. The first-order valence-corrected chi connectivity index (χ1v) is 4.73. The van der Waals surface area contributed by atoms with E-state index in [9.17, 15) is 0 Å². The summed E-state index contributed by atoms with van der Waals surface area (Å²) >= 11 is 0. The van der Waals surface area contributed by atoms with Gasteiger partial charge in [0, 0.05) is 0 Å². The van der Waals surface area contributed by atoms with Gasteiger partial charge in [0.05, 0.1) is 12.2 Å². The molecule has 0 fully saturated rings. The number of hydrogen-bond donors (Lipinski definition) is 0. The number of nitriles is 1. The lowest BCUT2D eigenvalue weighted by Crippen LogP contribution is -2.00. The molecule has 0 N–H and O–H groups in total. The molecular weight excluding hydrogens is 190 g/mol. The van der Waals surface area contributed by atoms with E-state index in [1.807, 2.05) is 6.92 Å². The third-order valence-electron chi connectivity index (χ3n) is 1.74. The summed E-state index contributed by atoms with van der Waals surface area (Å²) in [7, 11) is 0. The fraction of sp³-hybridized carbons (Fsp3) is 0.250. The van der Waals surface area contributed by atoms with Crippen molar-refractivity contribution in [3.63, 3.8) is 0 Å². The Balaban J connectivity index is 3.03. The highest BCUT2D eigenvalue weighted by molar-refractivity contribution is 5.52. The molecular formula is C12H13NO2. The lowest BCUT2D eigenvalue weighted by molar-refractivity contribution is 0.296. The largest absolute Gasteiger partial charge is 0.490 e. The van der Waals surface area contributed by atoms with E-state index in [0.717, 1.165) is 0 Å². The van der Waals surface area contributed by atoms with Gasteiger partial charge in [0.2, 0.25) is 0 Å². The Bertz CT molecular complexity index is 380. The van der Waals surface area contributed by atoms with Crippen LogP contribution in [0.2, 0.25) is 0 Å². The van der Waals surface area contributed by atoms with E-state index in [1.54, 1.807) is 24.3 Å². The minimum Gasteiger partial charge on any atom is -0.490 e. The number of ether oxygens (including phenoxy) is 2. The van der Waals surface area contributed by atoms with Crippen molar-refractivity contribution in [3.8, 4) is 17.6 Å². The predicted octanol–water partition coefficient (Wildman–Crippen LogP) is 2.52. The molecule has 0 amide bonds. The molecule has 0 atom stereocenters. The summed E-state index contributed by atoms with van der Waals surface area (Å²) in [6.45, 7) is 6.34. The summed E-state index contributed by atoms with van der Waals surface area (Å²) in [4.78, 5) is 0. The summed E-state index contributed by atoms with van der Waals surface area (Å²) in [5, 5.41) is 8.90. The molecule has 0 aromatic heterocycles. The SMILES string of the molecule is C=CCOc1c(C#N)cccc1OCC. The van der Waals surface area contributed by atoms with E-state index < -0.39 is 0 Å². The molecule has 0 aliphatic carbocycles. The third-order valence-corrected chi connectivity index (χ3v) is 1.74. The van der Waals surface area contributed by atoms with Gasteiger partial charge in [-0.05, 0) is 19.1 Å². The minimum atomic E-state index is 0.360. The Morgan fingerprint density at radius 1 is 1.47 bits per heavy atom. The zero-order chi connectivity index (χ0) is 11.1. The second kappa shape index (κ2) is 5.71. The molecule has 1 rings (SSSR count). The highest BCUT2D eigenvalue weighted by atomic mass is 16.5. The van der Waals surface area contributed by atoms with Gasteiger partial charge in [-0.15, -0.1) is 0 Å². The average Bonchev–Trinajstić information content (AvgIpc) is 2.27. The zero-order valence-corrected chi connectivity index (χ0v) is 8.69. The molecule has 0 radical (unpaired) electrons. The topological polar surface area (TPSA) is 42.2 Å². The Hall–Kier alpha value is -1.95. The van der Waals surface area contributed by atoms with Crippen LogP contribution in [0.4, 0.5) is 0 Å². The van der Waals surface area contributed by atoms with Gasteiger partial charge in [-0.2, -0.15) is 5.26 Å². The molecule has 15 heavy (non-hydrogen) atoms. The van der Waals surface area contributed by atoms with Crippen molar-refractivity contribution in [1.29, 1.82) is 5.26 Å². The smallest absolute Gasteiger partial charge is 0.179 e. The van der Waals surface area contributed by atoms with Gasteiger partial charge in [0.25, 0.3) is 0 Å². The predicted molar refractivity (Wildman–Crippen MR) is 58.0 cm³/mol. The van der Waals surface area contributed by atoms with Gasteiger partial charge in [-0.25, -0.2) is 0 Å². The maximum Gasteiger partial charge on any atom is 0.179 e. The van der Waals surface area contributed by atoms with Crippen molar-refractivity contribution in [2.24, 2.45) is 0 Å². The summed E-state index contributed by atoms with van der Waals surface area (Å²) < 4.78 is 10.8. The summed E-state index contributed by atoms with van der Waals surface area (Å²) in [6.07, 6.45) is 1.63. The molecule has 0 unspecified atom stereocenters. The van der Waals surface area contributed by atoms with Crippen molar-refractivity contribution < 1.29 is 9.47 Å². The Morgan fingerprint density at radius 2 is 2.27 bits per heavy atom. The van der Waals surface area contributed by atoms with Crippen LogP contribution in [0.25, 0.3) is 0 Å². The van der Waals surface area contributed by atoms with Crippen LogP contribution in [-0.4, -0.2) is 13.2 Å². The second-order valence-electron chi connectivity index (χ2n) is 2.78. The molecule has 0 aliphatic heterocycles. The summed E-state index contributed by atoms with van der Waals surface area (Å²) in [5.41, 5.74) is 0.475. The Labute approximate surface area is 89.6 Å². The van der Waals surface area contributed by atoms with Gasteiger partial charge >= 0.3 is 0 Å². The van der Waals surface area contributed by atoms with Crippen molar-refractivity contribution in [2.45, 2.75) is 6.92 Å². The van der Waals surface area contributed by atoms with Gasteiger partial charge in [-0.3, -0.25) is 0 Å². The van der Waals surface area contributed by atoms with Crippen LogP contribution in [0.15, 0.2) is 30.9 Å². The van der Waals surface area contributed by atoms with Crippen molar-refractivity contribution in [3.05, 3.63) is 36.4 Å². The average molecular weight is 203 g/mol. The highest BCUT2D eigenvalue weighted by Crippen LogP contribution is 2.30. The monoisotopic (exact) mass is 203 g/mol. The molecule has 0 bridgehead atoms. The second-order valence-corrected chi connectivity index (χ2v) is 2.78. The minimum absolute atomic E-state index is 0.360. The molecule has 1 aromatic rings. The molecule has 3 heteroatoms. The van der Waals surface area contributed by atoms with Crippen molar-refractivity contribution in [2.75, 3.05) is 13.2 Å². The van der Waals surface area contributed by atoms with E-state index >= 15 is 0 Å². The quantitative estimate of drug-likeness (QED) is 0.690. The number of rotatable bonds is 5. The van der Waals surface area contributed by atoms with Crippen LogP contribution in [0.1, 0.15) is 12.5 Å². The number of para-hydroxylation sites is 1. The van der Waals surface area contributed by atoms with E-state index in [1.165, 1.54) is 0 Å². The first-order valence-electron chi connectivity index (χ1n) is 4.73. The number of nitrogens with zero attached hydrogens (tertiary/aromatic N) is 1. The van der Waals surface area contributed by atoms with Crippen LogP contribution in [0, 0.1) is 11.3 Å². The Kier molecular flexibility index (Phi) is 4.24. The van der Waals surface area contributed by atoms with Gasteiger partial charge in [0.1, 0.15) is 12.7 Å².